The quantitative estimate of drug-likeness (QED) is 0.559. The van der Waals surface area contributed by atoms with Crippen LogP contribution in [-0.4, -0.2) is 13.2 Å². The van der Waals surface area contributed by atoms with Gasteiger partial charge in [0.1, 0.15) is 0 Å². The van der Waals surface area contributed by atoms with E-state index in [-0.39, 0.29) is 0 Å². The lowest BCUT2D eigenvalue weighted by molar-refractivity contribution is -0.0882. The van der Waals surface area contributed by atoms with Crippen molar-refractivity contribution < 1.29 is 4.74 Å². The van der Waals surface area contributed by atoms with Gasteiger partial charge in [-0.15, -0.1) is 0 Å². The highest BCUT2D eigenvalue weighted by Crippen LogP contribution is 2.63. The SMILES string of the molecule is CC12CC(C1)C2.CC1CCOCC1. The Morgan fingerprint density at radius 1 is 1.08 bits per heavy atom. The predicted octanol–water partition coefficient (Wildman–Crippen LogP) is 3.24. The molecule has 0 aromatic heterocycles. The molecule has 3 aliphatic carbocycles. The van der Waals surface area contributed by atoms with Crippen molar-refractivity contribution in [2.45, 2.75) is 46.0 Å². The van der Waals surface area contributed by atoms with Gasteiger partial charge in [-0.1, -0.05) is 13.8 Å². The Bertz CT molecular complexity index is 153. The zero-order valence-electron chi connectivity index (χ0n) is 9.01. The summed E-state index contributed by atoms with van der Waals surface area (Å²) in [5.41, 5.74) is 0.866. The second-order valence-corrected chi connectivity index (χ2v) is 5.58. The third-order valence-corrected chi connectivity index (χ3v) is 3.85. The molecule has 3 saturated carbocycles. The molecule has 4 aliphatic rings. The van der Waals surface area contributed by atoms with Crippen molar-refractivity contribution in [2.24, 2.45) is 17.3 Å². The van der Waals surface area contributed by atoms with Gasteiger partial charge in [0.25, 0.3) is 0 Å². The van der Waals surface area contributed by atoms with Crippen LogP contribution in [0.15, 0.2) is 0 Å². The molecule has 0 spiro atoms. The second-order valence-electron chi connectivity index (χ2n) is 5.58. The largest absolute Gasteiger partial charge is 0.381 e. The predicted molar refractivity (Wildman–Crippen MR) is 54.7 cm³/mol. The van der Waals surface area contributed by atoms with Crippen molar-refractivity contribution >= 4 is 0 Å². The molecule has 4 rings (SSSR count). The van der Waals surface area contributed by atoms with Gasteiger partial charge in [0, 0.05) is 13.2 Å². The number of hydrogen-bond acceptors (Lipinski definition) is 1. The van der Waals surface area contributed by atoms with Gasteiger partial charge in [0.05, 0.1) is 0 Å². The van der Waals surface area contributed by atoms with Crippen LogP contribution < -0.4 is 0 Å². The molecular weight excluding hydrogens is 160 g/mol. The molecule has 0 aromatic rings. The molecule has 0 aromatic carbocycles. The van der Waals surface area contributed by atoms with E-state index >= 15 is 0 Å². The van der Waals surface area contributed by atoms with Crippen LogP contribution in [0.25, 0.3) is 0 Å². The lowest BCUT2D eigenvalue weighted by Gasteiger charge is -2.60. The molecule has 0 amide bonds. The highest BCUT2D eigenvalue weighted by Gasteiger charge is 2.52. The van der Waals surface area contributed by atoms with E-state index in [2.05, 4.69) is 13.8 Å². The normalized spacial score (nSPS) is 42.5. The lowest BCUT2D eigenvalue weighted by Crippen LogP contribution is -2.48. The Morgan fingerprint density at radius 3 is 1.69 bits per heavy atom. The molecule has 1 aliphatic heterocycles. The van der Waals surface area contributed by atoms with Gasteiger partial charge in [-0.05, 0) is 49.4 Å². The van der Waals surface area contributed by atoms with Gasteiger partial charge < -0.3 is 4.74 Å². The fourth-order valence-corrected chi connectivity index (χ4v) is 2.73. The fourth-order valence-electron chi connectivity index (χ4n) is 2.73. The summed E-state index contributed by atoms with van der Waals surface area (Å²) in [5, 5.41) is 0. The summed E-state index contributed by atoms with van der Waals surface area (Å²) in [7, 11) is 0. The maximum Gasteiger partial charge on any atom is 0.0468 e. The van der Waals surface area contributed by atoms with Gasteiger partial charge in [0.15, 0.2) is 0 Å². The molecule has 1 heterocycles. The van der Waals surface area contributed by atoms with E-state index in [9.17, 15) is 0 Å². The Hall–Kier alpha value is -0.0400. The minimum atomic E-state index is 0.866. The van der Waals surface area contributed by atoms with Crippen LogP contribution in [0, 0.1) is 17.3 Å². The first-order valence-corrected chi connectivity index (χ1v) is 5.76. The van der Waals surface area contributed by atoms with Crippen molar-refractivity contribution in [2.75, 3.05) is 13.2 Å². The lowest BCUT2D eigenvalue weighted by atomic mass is 9.46. The summed E-state index contributed by atoms with van der Waals surface area (Å²) in [6.07, 6.45) is 7.17. The Morgan fingerprint density at radius 2 is 1.54 bits per heavy atom. The Labute approximate surface area is 81.9 Å². The summed E-state index contributed by atoms with van der Waals surface area (Å²) < 4.78 is 5.14. The van der Waals surface area contributed by atoms with E-state index in [1.165, 1.54) is 18.8 Å². The summed E-state index contributed by atoms with van der Waals surface area (Å²) in [5.74, 6) is 2.09. The van der Waals surface area contributed by atoms with E-state index in [1.54, 1.807) is 19.3 Å². The van der Waals surface area contributed by atoms with Crippen LogP contribution in [0.4, 0.5) is 0 Å². The maximum absolute atomic E-state index is 5.14. The van der Waals surface area contributed by atoms with Crippen molar-refractivity contribution in [1.29, 1.82) is 0 Å². The average molecular weight is 182 g/mol. The summed E-state index contributed by atoms with van der Waals surface area (Å²) in [6.45, 7) is 6.65. The van der Waals surface area contributed by atoms with Gasteiger partial charge >= 0.3 is 0 Å². The second kappa shape index (κ2) is 3.61. The molecule has 1 saturated heterocycles. The Balaban J connectivity index is 0.000000101. The molecule has 0 N–H and O–H groups in total. The third-order valence-electron chi connectivity index (χ3n) is 3.85. The van der Waals surface area contributed by atoms with Crippen LogP contribution in [0.5, 0.6) is 0 Å². The van der Waals surface area contributed by atoms with Crippen LogP contribution in [0.3, 0.4) is 0 Å². The molecule has 2 bridgehead atoms. The summed E-state index contributed by atoms with van der Waals surface area (Å²) >= 11 is 0. The van der Waals surface area contributed by atoms with E-state index in [0.717, 1.165) is 24.5 Å². The van der Waals surface area contributed by atoms with Crippen molar-refractivity contribution in [3.8, 4) is 0 Å². The molecule has 0 radical (unpaired) electrons. The first kappa shape index (κ1) is 9.51. The number of rotatable bonds is 0. The molecule has 1 nitrogen and oxygen atoms in total. The molecule has 0 unspecified atom stereocenters. The number of ether oxygens (including phenoxy) is 1. The topological polar surface area (TPSA) is 9.23 Å². The first-order chi connectivity index (χ1) is 6.18. The van der Waals surface area contributed by atoms with Crippen LogP contribution >= 0.6 is 0 Å². The van der Waals surface area contributed by atoms with Crippen molar-refractivity contribution in [3.63, 3.8) is 0 Å². The summed E-state index contributed by atoms with van der Waals surface area (Å²) in [6, 6.07) is 0. The molecule has 13 heavy (non-hydrogen) atoms. The standard InChI is InChI=1S/C6H12O.C6H10/c1-6-2-4-7-5-3-6;1-6-2-5(3-6)4-6/h6H,2-5H2,1H3;5H,2-4H2,1H3. The zero-order chi connectivity index (χ0) is 9.31. The first-order valence-electron chi connectivity index (χ1n) is 5.76. The van der Waals surface area contributed by atoms with Crippen LogP contribution in [-0.2, 0) is 4.74 Å². The molecule has 1 heteroatoms. The van der Waals surface area contributed by atoms with Crippen molar-refractivity contribution in [3.05, 3.63) is 0 Å². The minimum Gasteiger partial charge on any atom is -0.381 e. The van der Waals surface area contributed by atoms with Gasteiger partial charge in [0.2, 0.25) is 0 Å². The van der Waals surface area contributed by atoms with Crippen molar-refractivity contribution in [1.82, 2.24) is 0 Å². The molecular formula is C12H22O. The molecule has 0 atom stereocenters. The van der Waals surface area contributed by atoms with Crippen LogP contribution in [0.1, 0.15) is 46.0 Å². The highest BCUT2D eigenvalue weighted by molar-refractivity contribution is 5.03. The average Bonchev–Trinajstić information content (AvgIpc) is 2.01. The van der Waals surface area contributed by atoms with E-state index < -0.39 is 0 Å². The third kappa shape index (κ3) is 2.25. The highest BCUT2D eigenvalue weighted by atomic mass is 16.5. The number of hydrogen-bond donors (Lipinski definition) is 0. The Kier molecular flexibility index (Phi) is 2.64. The fraction of sp³-hybridized carbons (Fsp3) is 1.00. The van der Waals surface area contributed by atoms with Gasteiger partial charge in [-0.3, -0.25) is 0 Å². The monoisotopic (exact) mass is 182 g/mol. The van der Waals surface area contributed by atoms with E-state index in [4.69, 9.17) is 4.74 Å². The molecule has 76 valence electrons. The van der Waals surface area contributed by atoms with Crippen LogP contribution in [0.2, 0.25) is 0 Å². The van der Waals surface area contributed by atoms with Gasteiger partial charge in [-0.25, -0.2) is 0 Å². The summed E-state index contributed by atoms with van der Waals surface area (Å²) in [4.78, 5) is 0. The van der Waals surface area contributed by atoms with E-state index in [1.807, 2.05) is 0 Å². The smallest absolute Gasteiger partial charge is 0.0468 e. The maximum atomic E-state index is 5.14. The van der Waals surface area contributed by atoms with Gasteiger partial charge in [-0.2, -0.15) is 0 Å². The van der Waals surface area contributed by atoms with E-state index in [0.29, 0.717) is 0 Å². The minimum absolute atomic E-state index is 0.866. The molecule has 4 fully saturated rings. The zero-order valence-corrected chi connectivity index (χ0v) is 9.01.